The molecule has 0 aliphatic carbocycles. The van der Waals surface area contributed by atoms with E-state index in [4.69, 9.17) is 11.6 Å². The maximum atomic E-state index is 12.3. The summed E-state index contributed by atoms with van der Waals surface area (Å²) in [5.41, 5.74) is 0.458. The Kier molecular flexibility index (Phi) is 5.44. The smallest absolute Gasteiger partial charge is 0.288 e. The first-order chi connectivity index (χ1) is 11.6. The fourth-order valence-electron chi connectivity index (χ4n) is 2.16. The summed E-state index contributed by atoms with van der Waals surface area (Å²) in [7, 11) is -3.29. The molecule has 0 aliphatic rings. The van der Waals surface area contributed by atoms with E-state index in [-0.39, 0.29) is 21.2 Å². The second-order valence-electron chi connectivity index (χ2n) is 5.46. The molecular weight excluding hydrogens is 368 g/mol. The van der Waals surface area contributed by atoms with Crippen molar-refractivity contribution in [2.45, 2.75) is 17.9 Å². The van der Waals surface area contributed by atoms with E-state index in [1.807, 2.05) is 0 Å². The van der Waals surface area contributed by atoms with Crippen LogP contribution >= 0.6 is 11.6 Å². The largest absolute Gasteiger partial charge is 0.346 e. The molecule has 1 unspecified atom stereocenters. The Morgan fingerprint density at radius 1 is 1.20 bits per heavy atom. The third-order valence-corrected chi connectivity index (χ3v) is 5.01. The SMILES string of the molecule is CC(NC(=O)c1ccc(Cl)c([N+](=O)[O-])c1)c1ccc(S(C)(=O)=O)cc1. The predicted molar refractivity (Wildman–Crippen MR) is 93.5 cm³/mol. The van der Waals surface area contributed by atoms with Gasteiger partial charge in [0.1, 0.15) is 5.02 Å². The maximum absolute atomic E-state index is 12.3. The number of hydrogen-bond donors (Lipinski definition) is 1. The summed E-state index contributed by atoms with van der Waals surface area (Å²) in [4.78, 5) is 22.7. The van der Waals surface area contributed by atoms with E-state index >= 15 is 0 Å². The second kappa shape index (κ2) is 7.20. The molecule has 0 saturated heterocycles. The van der Waals surface area contributed by atoms with E-state index in [2.05, 4.69) is 5.32 Å². The average Bonchev–Trinajstić information content (AvgIpc) is 2.54. The molecule has 0 spiro atoms. The average molecular weight is 383 g/mol. The van der Waals surface area contributed by atoms with Crippen molar-refractivity contribution in [3.8, 4) is 0 Å². The molecule has 0 aromatic heterocycles. The van der Waals surface area contributed by atoms with Crippen molar-refractivity contribution in [1.82, 2.24) is 5.32 Å². The number of nitrogens with zero attached hydrogens (tertiary/aromatic N) is 1. The number of nitro groups is 1. The van der Waals surface area contributed by atoms with Gasteiger partial charge < -0.3 is 5.32 Å². The molecule has 0 aliphatic heterocycles. The number of benzene rings is 2. The standard InChI is InChI=1S/C16H15ClN2O5S/c1-10(11-3-6-13(7-4-11)25(2,23)24)18-16(20)12-5-8-14(17)15(9-12)19(21)22/h3-10H,1-2H3,(H,18,20). The number of nitrogens with one attached hydrogen (secondary N) is 1. The first-order valence-corrected chi connectivity index (χ1v) is 9.41. The van der Waals surface area contributed by atoms with Crippen LogP contribution in [-0.4, -0.2) is 25.5 Å². The number of sulfone groups is 1. The summed E-state index contributed by atoms with van der Waals surface area (Å²) in [5, 5.41) is 13.5. The molecule has 2 rings (SSSR count). The van der Waals surface area contributed by atoms with Gasteiger partial charge in [0, 0.05) is 17.9 Å². The van der Waals surface area contributed by atoms with E-state index in [1.54, 1.807) is 19.1 Å². The minimum Gasteiger partial charge on any atom is -0.346 e. The predicted octanol–water partition coefficient (Wildman–Crippen LogP) is 3.14. The molecule has 0 saturated carbocycles. The topological polar surface area (TPSA) is 106 Å². The van der Waals surface area contributed by atoms with Gasteiger partial charge in [0.25, 0.3) is 11.6 Å². The lowest BCUT2D eigenvalue weighted by molar-refractivity contribution is -0.384. The van der Waals surface area contributed by atoms with Gasteiger partial charge in [-0.3, -0.25) is 14.9 Å². The number of carbonyl (C=O) groups excluding carboxylic acids is 1. The normalized spacial score (nSPS) is 12.4. The van der Waals surface area contributed by atoms with Gasteiger partial charge >= 0.3 is 0 Å². The van der Waals surface area contributed by atoms with Gasteiger partial charge in [-0.25, -0.2) is 8.42 Å². The van der Waals surface area contributed by atoms with Crippen LogP contribution in [-0.2, 0) is 9.84 Å². The van der Waals surface area contributed by atoms with Crippen molar-refractivity contribution in [2.24, 2.45) is 0 Å². The van der Waals surface area contributed by atoms with Gasteiger partial charge in [0.2, 0.25) is 0 Å². The molecule has 132 valence electrons. The van der Waals surface area contributed by atoms with E-state index in [9.17, 15) is 23.3 Å². The third-order valence-electron chi connectivity index (χ3n) is 3.56. The molecule has 0 heterocycles. The Balaban J connectivity index is 2.17. The number of amides is 1. The van der Waals surface area contributed by atoms with Crippen LogP contribution < -0.4 is 5.32 Å². The molecule has 0 bridgehead atoms. The monoisotopic (exact) mass is 382 g/mol. The van der Waals surface area contributed by atoms with E-state index < -0.39 is 26.7 Å². The molecule has 2 aromatic carbocycles. The van der Waals surface area contributed by atoms with Crippen LogP contribution in [0.15, 0.2) is 47.4 Å². The highest BCUT2D eigenvalue weighted by Crippen LogP contribution is 2.25. The number of hydrogen-bond acceptors (Lipinski definition) is 5. The van der Waals surface area contributed by atoms with Crippen LogP contribution in [0, 0.1) is 10.1 Å². The second-order valence-corrected chi connectivity index (χ2v) is 7.88. The lowest BCUT2D eigenvalue weighted by Gasteiger charge is -2.15. The zero-order chi connectivity index (χ0) is 18.8. The van der Waals surface area contributed by atoms with Gasteiger partial charge in [0.15, 0.2) is 9.84 Å². The zero-order valence-electron chi connectivity index (χ0n) is 13.4. The van der Waals surface area contributed by atoms with Crippen molar-refractivity contribution in [1.29, 1.82) is 0 Å². The highest BCUT2D eigenvalue weighted by Gasteiger charge is 2.18. The molecular formula is C16H15ClN2O5S. The zero-order valence-corrected chi connectivity index (χ0v) is 15.0. The maximum Gasteiger partial charge on any atom is 0.288 e. The Bertz CT molecular complexity index is 926. The minimum atomic E-state index is -3.29. The minimum absolute atomic E-state index is 0.0500. The number of rotatable bonds is 5. The first-order valence-electron chi connectivity index (χ1n) is 7.14. The summed E-state index contributed by atoms with van der Waals surface area (Å²) in [6.45, 7) is 1.72. The fourth-order valence-corrected chi connectivity index (χ4v) is 2.98. The lowest BCUT2D eigenvalue weighted by atomic mass is 10.1. The van der Waals surface area contributed by atoms with Crippen LogP contribution in [0.4, 0.5) is 5.69 Å². The van der Waals surface area contributed by atoms with Crippen LogP contribution in [0.2, 0.25) is 5.02 Å². The number of nitro benzene ring substituents is 1. The number of halogens is 1. The lowest BCUT2D eigenvalue weighted by Crippen LogP contribution is -2.26. The molecule has 2 aromatic rings. The summed E-state index contributed by atoms with van der Waals surface area (Å²) < 4.78 is 22.9. The molecule has 7 nitrogen and oxygen atoms in total. The van der Waals surface area contributed by atoms with Crippen LogP contribution in [0.1, 0.15) is 28.9 Å². The summed E-state index contributed by atoms with van der Waals surface area (Å²) in [6, 6.07) is 9.50. The summed E-state index contributed by atoms with van der Waals surface area (Å²) in [5.74, 6) is -0.501. The van der Waals surface area contributed by atoms with Crippen molar-refractivity contribution < 1.29 is 18.1 Å². The fraction of sp³-hybridized carbons (Fsp3) is 0.188. The third kappa shape index (κ3) is 4.55. The molecule has 25 heavy (non-hydrogen) atoms. The van der Waals surface area contributed by atoms with Crippen molar-refractivity contribution in [2.75, 3.05) is 6.26 Å². The van der Waals surface area contributed by atoms with Crippen LogP contribution in [0.5, 0.6) is 0 Å². The van der Waals surface area contributed by atoms with Gasteiger partial charge in [0.05, 0.1) is 15.9 Å². The van der Waals surface area contributed by atoms with Gasteiger partial charge in [-0.1, -0.05) is 23.7 Å². The molecule has 1 atom stereocenters. The molecule has 1 N–H and O–H groups in total. The first kappa shape index (κ1) is 18.9. The highest BCUT2D eigenvalue weighted by atomic mass is 35.5. The molecule has 9 heteroatoms. The van der Waals surface area contributed by atoms with Gasteiger partial charge in [-0.15, -0.1) is 0 Å². The summed E-state index contributed by atoms with van der Waals surface area (Å²) >= 11 is 5.73. The van der Waals surface area contributed by atoms with Gasteiger partial charge in [-0.05, 0) is 36.8 Å². The quantitative estimate of drug-likeness (QED) is 0.631. The molecule has 0 radical (unpaired) electrons. The van der Waals surface area contributed by atoms with E-state index in [1.165, 1.54) is 24.3 Å². The van der Waals surface area contributed by atoms with Crippen molar-refractivity contribution >= 4 is 33.0 Å². The van der Waals surface area contributed by atoms with E-state index in [0.29, 0.717) is 5.56 Å². The van der Waals surface area contributed by atoms with Crippen molar-refractivity contribution in [3.05, 3.63) is 68.7 Å². The number of carbonyl (C=O) groups is 1. The Hall–Kier alpha value is -2.45. The highest BCUT2D eigenvalue weighted by molar-refractivity contribution is 7.90. The Labute approximate surface area is 149 Å². The molecule has 1 amide bonds. The van der Waals surface area contributed by atoms with E-state index in [0.717, 1.165) is 12.3 Å². The summed E-state index contributed by atoms with van der Waals surface area (Å²) in [6.07, 6.45) is 1.11. The Morgan fingerprint density at radius 3 is 2.32 bits per heavy atom. The van der Waals surface area contributed by atoms with Crippen molar-refractivity contribution in [3.63, 3.8) is 0 Å². The molecule has 0 fully saturated rings. The van der Waals surface area contributed by atoms with Crippen LogP contribution in [0.25, 0.3) is 0 Å². The van der Waals surface area contributed by atoms with Crippen LogP contribution in [0.3, 0.4) is 0 Å². The Morgan fingerprint density at radius 2 is 1.80 bits per heavy atom. The van der Waals surface area contributed by atoms with Gasteiger partial charge in [-0.2, -0.15) is 0 Å².